The number of carboxylic acids is 3. The van der Waals surface area contributed by atoms with Crippen LogP contribution in [0.2, 0.25) is 0 Å². The van der Waals surface area contributed by atoms with Gasteiger partial charge in [-0.1, -0.05) is 11.8 Å². The second-order valence-electron chi connectivity index (χ2n) is 14.5. The summed E-state index contributed by atoms with van der Waals surface area (Å²) in [5.41, 5.74) is 1.53. The van der Waals surface area contributed by atoms with Gasteiger partial charge in [-0.3, -0.25) is 33.5 Å². The molecule has 0 aliphatic carbocycles. The summed E-state index contributed by atoms with van der Waals surface area (Å²) in [4.78, 5) is 75.9. The minimum absolute atomic E-state index is 0.0362. The number of ether oxygens (including phenoxy) is 4. The van der Waals surface area contributed by atoms with E-state index >= 15 is 0 Å². The van der Waals surface area contributed by atoms with Crippen LogP contribution in [0.1, 0.15) is 59.6 Å². The number of amides is 1. The highest BCUT2D eigenvalue weighted by molar-refractivity contribution is 7.52. The summed E-state index contributed by atoms with van der Waals surface area (Å²) >= 11 is 0. The molecule has 2 atom stereocenters. The Balaban J connectivity index is 1.82. The Bertz CT molecular complexity index is 2420. The normalized spacial score (nSPS) is 12.6. The fourth-order valence-electron chi connectivity index (χ4n) is 6.18. The molecule has 24 nitrogen and oxygen atoms in total. The first-order chi connectivity index (χ1) is 32.5. The maximum absolute atomic E-state index is 13.4. The van der Waals surface area contributed by atoms with Gasteiger partial charge in [0.2, 0.25) is 0 Å². The monoisotopic (exact) mass is 990 g/mol. The van der Waals surface area contributed by atoms with Gasteiger partial charge in [0, 0.05) is 64.3 Å². The summed E-state index contributed by atoms with van der Waals surface area (Å²) in [5.74, 6) is 3.14. The summed E-state index contributed by atoms with van der Waals surface area (Å²) in [5, 5.41) is 40.1. The van der Waals surface area contributed by atoms with E-state index in [1.54, 1.807) is 50.5 Å². The lowest BCUT2D eigenvalue weighted by Gasteiger charge is -2.21. The Kier molecular flexibility index (Phi) is 22.4. The number of rotatable bonds is 31. The number of carboxylic acid groups (broad SMARTS) is 3. The Morgan fingerprint density at radius 1 is 0.794 bits per heavy atom. The van der Waals surface area contributed by atoms with Crippen LogP contribution in [0.25, 0.3) is 11.6 Å². The first-order valence-electron chi connectivity index (χ1n) is 21.0. The van der Waals surface area contributed by atoms with Gasteiger partial charge in [0.1, 0.15) is 31.0 Å². The maximum Gasteiger partial charge on any atom is 0.342 e. The SMILES string of the molecule is CCOP(O)CN(CC(=O)O)Cc1ccn(-c2cc(C#Cc3cc(OCCOC)c(C(=O)NCCCC(=O)O)cc3OCCOC)cc(-n3ccc(CN(CC(=O)O)CP(=O)(O)OCC)n3)n2)n1. The highest BCUT2D eigenvalue weighted by Gasteiger charge is 2.26. The number of carbonyl (C=O) groups is 4. The van der Waals surface area contributed by atoms with E-state index in [1.165, 1.54) is 45.5 Å². The summed E-state index contributed by atoms with van der Waals surface area (Å²) in [6.07, 6.45) is 2.60. The molecule has 6 N–H and O–H groups in total. The average molecular weight is 991 g/mol. The van der Waals surface area contributed by atoms with Crippen molar-refractivity contribution in [3.63, 3.8) is 0 Å². The second-order valence-corrected chi connectivity index (χ2v) is 17.5. The number of carbonyl (C=O) groups excluding carboxylic acids is 1. The van der Waals surface area contributed by atoms with Crippen molar-refractivity contribution in [1.29, 1.82) is 0 Å². The summed E-state index contributed by atoms with van der Waals surface area (Å²) in [6, 6.07) is 9.46. The second kappa shape index (κ2) is 27.9. The molecule has 68 heavy (non-hydrogen) atoms. The largest absolute Gasteiger partial charge is 0.490 e. The molecular formula is C42H56N8O16P2. The van der Waals surface area contributed by atoms with Gasteiger partial charge in [0.25, 0.3) is 5.91 Å². The van der Waals surface area contributed by atoms with Gasteiger partial charge >= 0.3 is 25.5 Å². The minimum atomic E-state index is -4.16. The van der Waals surface area contributed by atoms with E-state index in [-0.39, 0.29) is 107 Å². The Hall–Kier alpha value is -5.83. The zero-order valence-corrected chi connectivity index (χ0v) is 39.8. The number of aromatic nitrogens is 5. The molecule has 26 heteroatoms. The van der Waals surface area contributed by atoms with E-state index in [0.717, 1.165) is 0 Å². The third-order valence-corrected chi connectivity index (χ3v) is 11.6. The first kappa shape index (κ1) is 54.8. The molecule has 2 unspecified atom stereocenters. The molecule has 4 aromatic rings. The van der Waals surface area contributed by atoms with Gasteiger partial charge in [-0.2, -0.15) is 10.2 Å². The van der Waals surface area contributed by atoms with Crippen molar-refractivity contribution in [3.8, 4) is 35.0 Å². The van der Waals surface area contributed by atoms with Crippen molar-refractivity contribution >= 4 is 39.8 Å². The van der Waals surface area contributed by atoms with Crippen LogP contribution in [0.15, 0.2) is 48.8 Å². The molecule has 0 radical (unpaired) electrons. The lowest BCUT2D eigenvalue weighted by Crippen LogP contribution is -2.31. The smallest absolute Gasteiger partial charge is 0.342 e. The molecule has 3 heterocycles. The molecule has 0 aliphatic rings. The Morgan fingerprint density at radius 2 is 1.38 bits per heavy atom. The van der Waals surface area contributed by atoms with E-state index < -0.39 is 59.2 Å². The maximum atomic E-state index is 13.4. The van der Waals surface area contributed by atoms with Crippen molar-refractivity contribution in [3.05, 3.63) is 76.9 Å². The minimum Gasteiger partial charge on any atom is -0.490 e. The van der Waals surface area contributed by atoms with Gasteiger partial charge in [0.05, 0.1) is 68.3 Å². The molecular weight excluding hydrogens is 934 g/mol. The third-order valence-electron chi connectivity index (χ3n) is 8.96. The molecule has 3 aromatic heterocycles. The average Bonchev–Trinajstić information content (AvgIpc) is 3.94. The van der Waals surface area contributed by atoms with Crippen molar-refractivity contribution in [1.82, 2.24) is 39.7 Å². The number of aliphatic carboxylic acids is 3. The van der Waals surface area contributed by atoms with E-state index in [2.05, 4.69) is 27.4 Å². The summed E-state index contributed by atoms with van der Waals surface area (Å²) < 4.78 is 48.0. The molecule has 4 rings (SSSR count). The lowest BCUT2D eigenvalue weighted by molar-refractivity contribution is -0.139. The topological polar surface area (TPSA) is 309 Å². The number of methoxy groups -OCH3 is 2. The fourth-order valence-corrected chi connectivity index (χ4v) is 8.30. The van der Waals surface area contributed by atoms with Crippen LogP contribution in [-0.2, 0) is 50.6 Å². The van der Waals surface area contributed by atoms with Crippen LogP contribution < -0.4 is 14.8 Å². The van der Waals surface area contributed by atoms with Gasteiger partial charge < -0.3 is 58.4 Å². The number of hydrogen-bond donors (Lipinski definition) is 6. The highest BCUT2D eigenvalue weighted by Crippen LogP contribution is 2.42. The quantitative estimate of drug-likeness (QED) is 0.0240. The van der Waals surface area contributed by atoms with E-state index in [1.807, 2.05) is 0 Å². The zero-order valence-electron chi connectivity index (χ0n) is 38.0. The molecule has 0 aliphatic heterocycles. The number of benzene rings is 1. The van der Waals surface area contributed by atoms with Crippen molar-refractivity contribution in [2.75, 3.05) is 86.1 Å². The predicted octanol–water partition coefficient (Wildman–Crippen LogP) is 2.75. The Labute approximate surface area is 393 Å². The van der Waals surface area contributed by atoms with Gasteiger partial charge in [-0.15, -0.1) is 0 Å². The summed E-state index contributed by atoms with van der Waals surface area (Å²) in [6.45, 7) is 3.00. The van der Waals surface area contributed by atoms with Crippen molar-refractivity contribution < 1.29 is 76.8 Å². The van der Waals surface area contributed by atoms with Crippen LogP contribution in [0.4, 0.5) is 0 Å². The molecule has 0 fully saturated rings. The van der Waals surface area contributed by atoms with Crippen molar-refractivity contribution in [2.24, 2.45) is 0 Å². The molecule has 0 saturated heterocycles. The highest BCUT2D eigenvalue weighted by atomic mass is 31.2. The van der Waals surface area contributed by atoms with Crippen LogP contribution in [-0.4, -0.2) is 169 Å². The third kappa shape index (κ3) is 18.7. The van der Waals surface area contributed by atoms with Crippen LogP contribution in [0, 0.1) is 11.8 Å². The fraction of sp³-hybridized carbons (Fsp3) is 0.452. The van der Waals surface area contributed by atoms with Crippen LogP contribution in [0.3, 0.4) is 0 Å². The predicted molar refractivity (Wildman–Crippen MR) is 243 cm³/mol. The molecule has 1 aromatic carbocycles. The van der Waals surface area contributed by atoms with E-state index in [4.69, 9.17) is 38.1 Å². The van der Waals surface area contributed by atoms with Gasteiger partial charge in [0.15, 0.2) is 20.0 Å². The van der Waals surface area contributed by atoms with E-state index in [0.29, 0.717) is 22.5 Å². The van der Waals surface area contributed by atoms with Crippen LogP contribution in [0.5, 0.6) is 11.5 Å². The Morgan fingerprint density at radius 3 is 1.94 bits per heavy atom. The zero-order chi connectivity index (χ0) is 49.6. The standard InChI is InChI=1S/C42H56N8O16P2/c1-5-65-67(58)28-47(26-40(53)54)24-32-11-14-49(45-32)37-20-30(21-38(44-37)50-15-12-33(46-50)25-48(27-41(55)56)29-68(59,60)66-6-2)9-10-31-22-36(64-19-17-62-4)34(23-35(31)63-18-16-61-3)42(57)43-13-7-8-39(51)52/h11-12,14-15,20-23,58H,5-8,13,16-19,24-29H2,1-4H3,(H,43,57)(H,51,52)(H,53,54)(H,55,56)(H,59,60). The molecule has 0 saturated carbocycles. The number of hydrogen-bond acceptors (Lipinski definition) is 17. The summed E-state index contributed by atoms with van der Waals surface area (Å²) in [7, 11) is -3.10. The van der Waals surface area contributed by atoms with Gasteiger partial charge in [-0.05, 0) is 50.6 Å². The molecule has 1 amide bonds. The number of pyridine rings is 1. The van der Waals surface area contributed by atoms with Crippen molar-refractivity contribution in [2.45, 2.75) is 39.8 Å². The lowest BCUT2D eigenvalue weighted by atomic mass is 10.1. The van der Waals surface area contributed by atoms with E-state index in [9.17, 15) is 43.7 Å². The van der Waals surface area contributed by atoms with Gasteiger partial charge in [-0.25, -0.2) is 14.3 Å². The number of nitrogens with one attached hydrogen (secondary N) is 1. The molecule has 370 valence electrons. The first-order valence-corrected chi connectivity index (χ1v) is 24.2. The number of nitrogens with zero attached hydrogens (tertiary/aromatic N) is 7. The molecule has 0 spiro atoms. The molecule has 0 bridgehead atoms. The van der Waals surface area contributed by atoms with Crippen LogP contribution >= 0.6 is 16.0 Å².